The Balaban J connectivity index is 2.63. The van der Waals surface area contributed by atoms with Gasteiger partial charge in [-0.1, -0.05) is 5.11 Å². The Morgan fingerprint density at radius 2 is 2.23 bits per heavy atom. The molecule has 1 aliphatic rings. The highest BCUT2D eigenvalue weighted by Gasteiger charge is 2.37. The lowest BCUT2D eigenvalue weighted by Gasteiger charge is -2.34. The summed E-state index contributed by atoms with van der Waals surface area (Å²) in [5, 5.41) is 22.0. The zero-order valence-electron chi connectivity index (χ0n) is 7.07. The molecule has 0 saturated carbocycles. The van der Waals surface area contributed by atoms with Crippen molar-refractivity contribution in [2.45, 2.75) is 24.5 Å². The van der Waals surface area contributed by atoms with Gasteiger partial charge in [-0.05, 0) is 5.53 Å². The molecule has 7 nitrogen and oxygen atoms in total. The summed E-state index contributed by atoms with van der Waals surface area (Å²) in [5.41, 5.74) is 8.12. The summed E-state index contributed by atoms with van der Waals surface area (Å²) in [5.74, 6) is 0. The minimum atomic E-state index is -1.19. The molecule has 2 N–H and O–H groups in total. The van der Waals surface area contributed by atoms with Crippen molar-refractivity contribution in [1.82, 2.24) is 0 Å². The SMILES string of the molecule is CO[C@@H]1OC[C@H](N=[N+]=[N-])[C@H](O)[C@H]1O. The van der Waals surface area contributed by atoms with Crippen molar-refractivity contribution in [2.75, 3.05) is 13.7 Å². The molecule has 74 valence electrons. The maximum Gasteiger partial charge on any atom is 0.185 e. The summed E-state index contributed by atoms with van der Waals surface area (Å²) in [4.78, 5) is 2.53. The smallest absolute Gasteiger partial charge is 0.185 e. The minimum Gasteiger partial charge on any atom is -0.390 e. The second-order valence-electron chi connectivity index (χ2n) is 2.69. The van der Waals surface area contributed by atoms with E-state index in [1.54, 1.807) is 0 Å². The van der Waals surface area contributed by atoms with E-state index in [1.807, 2.05) is 0 Å². The van der Waals surface area contributed by atoms with E-state index in [9.17, 15) is 10.2 Å². The summed E-state index contributed by atoms with van der Waals surface area (Å²) in [6.45, 7) is 0.0425. The fraction of sp³-hybridized carbons (Fsp3) is 1.00. The van der Waals surface area contributed by atoms with Crippen molar-refractivity contribution >= 4 is 0 Å². The molecule has 0 bridgehead atoms. The molecule has 0 radical (unpaired) electrons. The van der Waals surface area contributed by atoms with Gasteiger partial charge in [0.1, 0.15) is 6.10 Å². The van der Waals surface area contributed by atoms with Crippen molar-refractivity contribution in [3.05, 3.63) is 10.4 Å². The molecule has 1 rings (SSSR count). The quantitative estimate of drug-likeness (QED) is 0.343. The Morgan fingerprint density at radius 3 is 2.77 bits per heavy atom. The zero-order valence-corrected chi connectivity index (χ0v) is 7.07. The van der Waals surface area contributed by atoms with Crippen LogP contribution in [0, 0.1) is 0 Å². The van der Waals surface area contributed by atoms with E-state index in [4.69, 9.17) is 15.0 Å². The molecule has 0 unspecified atom stereocenters. The largest absolute Gasteiger partial charge is 0.390 e. The summed E-state index contributed by atoms with van der Waals surface area (Å²) in [6, 6.07) is -0.758. The normalized spacial score (nSPS) is 39.6. The molecule has 0 aromatic rings. The first-order chi connectivity index (χ1) is 6.20. The first-order valence-electron chi connectivity index (χ1n) is 3.75. The molecule has 4 atom stereocenters. The highest BCUT2D eigenvalue weighted by molar-refractivity contribution is 4.87. The summed E-state index contributed by atoms with van der Waals surface area (Å²) in [7, 11) is 1.36. The Kier molecular flexibility index (Phi) is 3.47. The Morgan fingerprint density at radius 1 is 1.54 bits per heavy atom. The number of aliphatic hydroxyl groups is 2. The molecule has 1 saturated heterocycles. The standard InChI is InChI=1S/C6H11N3O4/c1-12-6-5(11)4(10)3(2-13-6)8-9-7/h3-6,10-11H,2H2,1H3/t3-,4-,5+,6+/m0/s1. The van der Waals surface area contributed by atoms with E-state index in [1.165, 1.54) is 7.11 Å². The first-order valence-corrected chi connectivity index (χ1v) is 3.75. The van der Waals surface area contributed by atoms with E-state index < -0.39 is 24.5 Å². The van der Waals surface area contributed by atoms with Crippen molar-refractivity contribution in [2.24, 2.45) is 5.11 Å². The monoisotopic (exact) mass is 189 g/mol. The summed E-state index contributed by atoms with van der Waals surface area (Å²) < 4.78 is 9.71. The molecule has 0 aliphatic carbocycles. The van der Waals surface area contributed by atoms with Crippen LogP contribution in [-0.2, 0) is 9.47 Å². The molecule has 13 heavy (non-hydrogen) atoms. The lowest BCUT2D eigenvalue weighted by Crippen LogP contribution is -2.52. The van der Waals surface area contributed by atoms with Crippen LogP contribution in [0.3, 0.4) is 0 Å². The molecule has 0 aromatic heterocycles. The van der Waals surface area contributed by atoms with Gasteiger partial charge < -0.3 is 19.7 Å². The van der Waals surface area contributed by atoms with Crippen molar-refractivity contribution in [1.29, 1.82) is 0 Å². The van der Waals surface area contributed by atoms with Crippen LogP contribution in [0.4, 0.5) is 0 Å². The second kappa shape index (κ2) is 4.40. The zero-order chi connectivity index (χ0) is 9.84. The fourth-order valence-electron chi connectivity index (χ4n) is 1.15. The van der Waals surface area contributed by atoms with Gasteiger partial charge in [0.2, 0.25) is 0 Å². The molecule has 0 amide bonds. The third-order valence-electron chi connectivity index (χ3n) is 1.89. The lowest BCUT2D eigenvalue weighted by atomic mass is 10.0. The number of nitrogens with zero attached hydrogens (tertiary/aromatic N) is 3. The Labute approximate surface area is 74.5 Å². The molecule has 1 fully saturated rings. The van der Waals surface area contributed by atoms with E-state index in [-0.39, 0.29) is 6.61 Å². The Hall–Kier alpha value is -0.850. The molecule has 1 heterocycles. The maximum absolute atomic E-state index is 9.40. The van der Waals surface area contributed by atoms with Crippen LogP contribution in [0.2, 0.25) is 0 Å². The lowest BCUT2D eigenvalue weighted by molar-refractivity contribution is -0.237. The number of rotatable bonds is 2. The van der Waals surface area contributed by atoms with Crippen LogP contribution in [0.25, 0.3) is 10.4 Å². The molecule has 1 aliphatic heterocycles. The molecular formula is C6H11N3O4. The third-order valence-corrected chi connectivity index (χ3v) is 1.89. The summed E-state index contributed by atoms with van der Waals surface area (Å²) >= 11 is 0. The average Bonchev–Trinajstić information content (AvgIpc) is 2.14. The first kappa shape index (κ1) is 10.2. The van der Waals surface area contributed by atoms with Gasteiger partial charge in [0.05, 0.1) is 18.8 Å². The predicted molar refractivity (Wildman–Crippen MR) is 41.7 cm³/mol. The number of hydrogen-bond acceptors (Lipinski definition) is 5. The maximum atomic E-state index is 9.40. The van der Waals surface area contributed by atoms with Gasteiger partial charge >= 0.3 is 0 Å². The van der Waals surface area contributed by atoms with E-state index in [0.29, 0.717) is 0 Å². The Bertz CT molecular complexity index is 218. The van der Waals surface area contributed by atoms with Gasteiger partial charge in [-0.3, -0.25) is 0 Å². The third kappa shape index (κ3) is 2.09. The van der Waals surface area contributed by atoms with Gasteiger partial charge in [0.15, 0.2) is 6.29 Å². The van der Waals surface area contributed by atoms with Crippen molar-refractivity contribution in [3.63, 3.8) is 0 Å². The number of ether oxygens (including phenoxy) is 2. The van der Waals surface area contributed by atoms with Crippen LogP contribution >= 0.6 is 0 Å². The van der Waals surface area contributed by atoms with E-state index >= 15 is 0 Å². The van der Waals surface area contributed by atoms with Crippen molar-refractivity contribution in [3.8, 4) is 0 Å². The van der Waals surface area contributed by atoms with Gasteiger partial charge in [-0.25, -0.2) is 0 Å². The summed E-state index contributed by atoms with van der Waals surface area (Å²) in [6.07, 6.45) is -3.19. The van der Waals surface area contributed by atoms with Crippen LogP contribution in [0.1, 0.15) is 0 Å². The van der Waals surface area contributed by atoms with Crippen LogP contribution in [0.15, 0.2) is 5.11 Å². The van der Waals surface area contributed by atoms with Crippen LogP contribution in [-0.4, -0.2) is 48.5 Å². The molecular weight excluding hydrogens is 178 g/mol. The van der Waals surface area contributed by atoms with Gasteiger partial charge in [0, 0.05) is 12.0 Å². The van der Waals surface area contributed by atoms with Crippen molar-refractivity contribution < 1.29 is 19.7 Å². The minimum absolute atomic E-state index is 0.0425. The highest BCUT2D eigenvalue weighted by atomic mass is 16.7. The second-order valence-corrected chi connectivity index (χ2v) is 2.69. The van der Waals surface area contributed by atoms with Gasteiger partial charge in [-0.15, -0.1) is 0 Å². The number of hydrogen-bond donors (Lipinski definition) is 2. The molecule has 0 spiro atoms. The fourth-order valence-corrected chi connectivity index (χ4v) is 1.15. The van der Waals surface area contributed by atoms with E-state index in [0.717, 1.165) is 0 Å². The van der Waals surface area contributed by atoms with Crippen LogP contribution in [0.5, 0.6) is 0 Å². The predicted octanol–water partition coefficient (Wildman–Crippen LogP) is -0.610. The topological polar surface area (TPSA) is 108 Å². The number of methoxy groups -OCH3 is 1. The van der Waals surface area contributed by atoms with Gasteiger partial charge in [0.25, 0.3) is 0 Å². The number of azide groups is 1. The highest BCUT2D eigenvalue weighted by Crippen LogP contribution is 2.18. The van der Waals surface area contributed by atoms with Gasteiger partial charge in [-0.2, -0.15) is 0 Å². The van der Waals surface area contributed by atoms with E-state index in [2.05, 4.69) is 10.0 Å². The number of aliphatic hydroxyl groups excluding tert-OH is 2. The average molecular weight is 189 g/mol. The molecule has 7 heteroatoms. The molecule has 0 aromatic carbocycles. The van der Waals surface area contributed by atoms with Crippen LogP contribution < -0.4 is 0 Å².